The summed E-state index contributed by atoms with van der Waals surface area (Å²) in [5.41, 5.74) is 10.8. The van der Waals surface area contributed by atoms with Crippen molar-refractivity contribution in [1.29, 1.82) is 0 Å². The first kappa shape index (κ1) is 12.6. The van der Waals surface area contributed by atoms with Crippen molar-refractivity contribution in [3.05, 3.63) is 40.3 Å². The Balaban J connectivity index is 2.43. The van der Waals surface area contributed by atoms with Crippen molar-refractivity contribution >= 4 is 28.8 Å². The molecule has 94 valence electrons. The van der Waals surface area contributed by atoms with Crippen molar-refractivity contribution in [2.24, 2.45) is 0 Å². The van der Waals surface area contributed by atoms with E-state index in [4.69, 9.17) is 17.3 Å². The van der Waals surface area contributed by atoms with Crippen LogP contribution in [0.15, 0.2) is 18.3 Å². The summed E-state index contributed by atoms with van der Waals surface area (Å²) < 4.78 is 0. The van der Waals surface area contributed by atoms with Crippen LogP contribution in [-0.2, 0) is 0 Å². The van der Waals surface area contributed by atoms with E-state index in [2.05, 4.69) is 34.3 Å². The SMILES string of the molecule is Cc1cc(C)c(Nc2nc(Cl)ncc2N)c(C)c1. The number of nitrogens with two attached hydrogens (primary N) is 1. The fraction of sp³-hybridized carbons (Fsp3) is 0.231. The molecule has 0 saturated carbocycles. The average molecular weight is 263 g/mol. The molecule has 3 N–H and O–H groups in total. The van der Waals surface area contributed by atoms with Crippen LogP contribution >= 0.6 is 11.6 Å². The van der Waals surface area contributed by atoms with E-state index < -0.39 is 0 Å². The van der Waals surface area contributed by atoms with E-state index in [0.717, 1.165) is 16.8 Å². The maximum Gasteiger partial charge on any atom is 0.224 e. The number of nitrogen functional groups attached to an aromatic ring is 1. The molecule has 0 fully saturated rings. The standard InChI is InChI=1S/C13H15ClN4/c1-7-4-8(2)11(9(3)5-7)17-12-10(15)6-16-13(14)18-12/h4-6H,15H2,1-3H3,(H,16,17,18). The normalized spacial score (nSPS) is 10.4. The van der Waals surface area contributed by atoms with Crippen molar-refractivity contribution in [1.82, 2.24) is 9.97 Å². The Morgan fingerprint density at radius 2 is 1.78 bits per heavy atom. The van der Waals surface area contributed by atoms with Gasteiger partial charge in [-0.05, 0) is 43.5 Å². The number of aryl methyl sites for hydroxylation is 3. The van der Waals surface area contributed by atoms with Crippen LogP contribution in [0, 0.1) is 20.8 Å². The molecule has 0 aliphatic heterocycles. The van der Waals surface area contributed by atoms with Crippen molar-refractivity contribution in [3.8, 4) is 0 Å². The lowest BCUT2D eigenvalue weighted by molar-refractivity contribution is 1.17. The molecule has 2 rings (SSSR count). The largest absolute Gasteiger partial charge is 0.394 e. The molecule has 0 spiro atoms. The van der Waals surface area contributed by atoms with Crippen molar-refractivity contribution in [3.63, 3.8) is 0 Å². The molecule has 1 aromatic heterocycles. The lowest BCUT2D eigenvalue weighted by atomic mass is 10.1. The van der Waals surface area contributed by atoms with Crippen LogP contribution in [0.5, 0.6) is 0 Å². The van der Waals surface area contributed by atoms with Crippen LogP contribution < -0.4 is 11.1 Å². The second-order valence-electron chi connectivity index (χ2n) is 4.34. The number of hydrogen-bond donors (Lipinski definition) is 2. The van der Waals surface area contributed by atoms with Crippen molar-refractivity contribution < 1.29 is 0 Å². The van der Waals surface area contributed by atoms with Gasteiger partial charge in [0.25, 0.3) is 0 Å². The first-order valence-corrected chi connectivity index (χ1v) is 5.98. The maximum atomic E-state index is 5.82. The predicted octanol–water partition coefficient (Wildman–Crippen LogP) is 3.38. The fourth-order valence-electron chi connectivity index (χ4n) is 1.97. The Morgan fingerprint density at radius 1 is 1.17 bits per heavy atom. The number of anilines is 3. The molecule has 0 amide bonds. The third-order valence-electron chi connectivity index (χ3n) is 2.71. The van der Waals surface area contributed by atoms with E-state index in [1.807, 2.05) is 13.8 Å². The number of nitrogens with one attached hydrogen (secondary N) is 1. The second kappa shape index (κ2) is 4.82. The minimum atomic E-state index is 0.175. The van der Waals surface area contributed by atoms with E-state index in [0.29, 0.717) is 11.5 Å². The van der Waals surface area contributed by atoms with Crippen LogP contribution in [-0.4, -0.2) is 9.97 Å². The van der Waals surface area contributed by atoms with E-state index in [-0.39, 0.29) is 5.28 Å². The molecule has 5 heteroatoms. The lowest BCUT2D eigenvalue weighted by Gasteiger charge is -2.14. The monoisotopic (exact) mass is 262 g/mol. The summed E-state index contributed by atoms with van der Waals surface area (Å²) in [4.78, 5) is 7.92. The third kappa shape index (κ3) is 2.54. The van der Waals surface area contributed by atoms with Gasteiger partial charge >= 0.3 is 0 Å². The highest BCUT2D eigenvalue weighted by molar-refractivity contribution is 6.28. The zero-order chi connectivity index (χ0) is 13.3. The van der Waals surface area contributed by atoms with Gasteiger partial charge < -0.3 is 11.1 Å². The highest BCUT2D eigenvalue weighted by Gasteiger charge is 2.08. The summed E-state index contributed by atoms with van der Waals surface area (Å²) in [5.74, 6) is 0.532. The number of hydrogen-bond acceptors (Lipinski definition) is 4. The van der Waals surface area contributed by atoms with Gasteiger partial charge in [-0.3, -0.25) is 0 Å². The number of nitrogens with zero attached hydrogens (tertiary/aromatic N) is 2. The first-order valence-electron chi connectivity index (χ1n) is 5.60. The van der Waals surface area contributed by atoms with Gasteiger partial charge in [0.05, 0.1) is 11.9 Å². The Morgan fingerprint density at radius 3 is 2.39 bits per heavy atom. The lowest BCUT2D eigenvalue weighted by Crippen LogP contribution is -2.03. The molecule has 4 nitrogen and oxygen atoms in total. The molecule has 0 aliphatic carbocycles. The smallest absolute Gasteiger partial charge is 0.224 e. The number of benzene rings is 1. The summed E-state index contributed by atoms with van der Waals surface area (Å²) in [6.45, 7) is 6.16. The Bertz CT molecular complexity index is 573. The van der Waals surface area contributed by atoms with E-state index in [1.165, 1.54) is 11.8 Å². The molecule has 0 unspecified atom stereocenters. The zero-order valence-electron chi connectivity index (χ0n) is 10.6. The first-order chi connectivity index (χ1) is 8.47. The molecule has 0 saturated heterocycles. The minimum absolute atomic E-state index is 0.175. The van der Waals surface area contributed by atoms with Gasteiger partial charge in [-0.25, -0.2) is 4.98 Å². The molecule has 0 aliphatic rings. The van der Waals surface area contributed by atoms with Crippen LogP contribution in [0.25, 0.3) is 0 Å². The Labute approximate surface area is 111 Å². The molecule has 0 atom stereocenters. The van der Waals surface area contributed by atoms with Gasteiger partial charge in [0.2, 0.25) is 5.28 Å². The number of aromatic nitrogens is 2. The fourth-order valence-corrected chi connectivity index (χ4v) is 2.10. The molecule has 1 heterocycles. The van der Waals surface area contributed by atoms with Crippen LogP contribution in [0.3, 0.4) is 0 Å². The van der Waals surface area contributed by atoms with Crippen LogP contribution in [0.4, 0.5) is 17.2 Å². The van der Waals surface area contributed by atoms with Gasteiger partial charge in [0, 0.05) is 5.69 Å². The third-order valence-corrected chi connectivity index (χ3v) is 2.89. The number of rotatable bonds is 2. The molecule has 2 aromatic rings. The summed E-state index contributed by atoms with van der Waals surface area (Å²) >= 11 is 5.77. The Hall–Kier alpha value is -1.81. The van der Waals surface area contributed by atoms with E-state index in [9.17, 15) is 0 Å². The topological polar surface area (TPSA) is 63.8 Å². The molecule has 0 bridgehead atoms. The average Bonchev–Trinajstić information content (AvgIpc) is 2.28. The molecule has 18 heavy (non-hydrogen) atoms. The van der Waals surface area contributed by atoms with Crippen molar-refractivity contribution in [2.75, 3.05) is 11.1 Å². The molecular weight excluding hydrogens is 248 g/mol. The molecule has 0 radical (unpaired) electrons. The quantitative estimate of drug-likeness (QED) is 0.815. The van der Waals surface area contributed by atoms with Crippen molar-refractivity contribution in [2.45, 2.75) is 20.8 Å². The highest BCUT2D eigenvalue weighted by atomic mass is 35.5. The molecular formula is C13H15ClN4. The summed E-state index contributed by atoms with van der Waals surface area (Å²) in [7, 11) is 0. The molecule has 1 aromatic carbocycles. The maximum absolute atomic E-state index is 5.82. The van der Waals surface area contributed by atoms with Gasteiger partial charge in [-0.2, -0.15) is 4.98 Å². The van der Waals surface area contributed by atoms with Gasteiger partial charge in [0.1, 0.15) is 0 Å². The highest BCUT2D eigenvalue weighted by Crippen LogP contribution is 2.27. The Kier molecular flexibility index (Phi) is 3.39. The summed E-state index contributed by atoms with van der Waals surface area (Å²) in [6.07, 6.45) is 1.50. The van der Waals surface area contributed by atoms with E-state index in [1.54, 1.807) is 0 Å². The van der Waals surface area contributed by atoms with Gasteiger partial charge in [-0.15, -0.1) is 0 Å². The van der Waals surface area contributed by atoms with E-state index >= 15 is 0 Å². The zero-order valence-corrected chi connectivity index (χ0v) is 11.3. The number of halogens is 1. The second-order valence-corrected chi connectivity index (χ2v) is 4.68. The minimum Gasteiger partial charge on any atom is -0.394 e. The summed E-state index contributed by atoms with van der Waals surface area (Å²) in [5, 5.41) is 3.39. The predicted molar refractivity (Wildman–Crippen MR) is 75.4 cm³/mol. The van der Waals surface area contributed by atoms with Gasteiger partial charge in [0.15, 0.2) is 5.82 Å². The van der Waals surface area contributed by atoms with Crippen LogP contribution in [0.2, 0.25) is 5.28 Å². The van der Waals surface area contributed by atoms with Crippen LogP contribution in [0.1, 0.15) is 16.7 Å². The summed E-state index contributed by atoms with van der Waals surface area (Å²) in [6, 6.07) is 4.21. The van der Waals surface area contributed by atoms with Gasteiger partial charge in [-0.1, -0.05) is 17.7 Å².